The first-order valence-corrected chi connectivity index (χ1v) is 8.49. The largest absolute Gasteiger partial charge is 0.309 e. The van der Waals surface area contributed by atoms with Gasteiger partial charge in [-0.1, -0.05) is 0 Å². The Morgan fingerprint density at radius 2 is 2.16 bits per heavy atom. The lowest BCUT2D eigenvalue weighted by Crippen LogP contribution is -2.12. The van der Waals surface area contributed by atoms with Crippen molar-refractivity contribution in [2.75, 3.05) is 12.0 Å². The molecule has 19 heavy (non-hydrogen) atoms. The number of aryl methyl sites for hydroxylation is 1. The van der Waals surface area contributed by atoms with Crippen LogP contribution in [0.25, 0.3) is 11.2 Å². The van der Waals surface area contributed by atoms with Crippen LogP contribution < -0.4 is 0 Å². The molecule has 0 aliphatic rings. The van der Waals surface area contributed by atoms with Crippen LogP contribution in [0.15, 0.2) is 12.1 Å². The summed E-state index contributed by atoms with van der Waals surface area (Å²) in [6.45, 7) is 4.05. The van der Waals surface area contributed by atoms with Gasteiger partial charge in [-0.3, -0.25) is 4.21 Å². The van der Waals surface area contributed by atoms with Gasteiger partial charge < -0.3 is 4.57 Å². The zero-order valence-electron chi connectivity index (χ0n) is 11.4. The van der Waals surface area contributed by atoms with Crippen LogP contribution in [0, 0.1) is 6.92 Å². The first-order valence-electron chi connectivity index (χ1n) is 6.23. The van der Waals surface area contributed by atoms with Gasteiger partial charge in [0.2, 0.25) is 0 Å². The lowest BCUT2D eigenvalue weighted by atomic mass is 10.2. The van der Waals surface area contributed by atoms with Crippen LogP contribution in [-0.4, -0.2) is 30.8 Å². The predicted molar refractivity (Wildman–Crippen MR) is 80.1 cm³/mol. The molecule has 6 heteroatoms. The van der Waals surface area contributed by atoms with E-state index in [4.69, 9.17) is 11.6 Å². The van der Waals surface area contributed by atoms with Gasteiger partial charge in [0.25, 0.3) is 0 Å². The third-order valence-corrected chi connectivity index (χ3v) is 4.18. The molecule has 2 aromatic heterocycles. The Bertz CT molecular complexity index is 611. The highest BCUT2D eigenvalue weighted by Gasteiger charge is 2.16. The summed E-state index contributed by atoms with van der Waals surface area (Å²) in [5, 5.41) is 0. The zero-order valence-corrected chi connectivity index (χ0v) is 13.0. The molecule has 104 valence electrons. The van der Waals surface area contributed by atoms with Gasteiger partial charge in [0.15, 0.2) is 5.65 Å². The molecule has 2 atom stereocenters. The fourth-order valence-electron chi connectivity index (χ4n) is 2.14. The minimum Gasteiger partial charge on any atom is -0.309 e. The number of alkyl halides is 1. The van der Waals surface area contributed by atoms with Gasteiger partial charge in [-0.05, 0) is 32.4 Å². The van der Waals surface area contributed by atoms with Crippen molar-refractivity contribution in [1.29, 1.82) is 0 Å². The molecule has 0 spiro atoms. The molecule has 0 saturated heterocycles. The summed E-state index contributed by atoms with van der Waals surface area (Å²) in [5.74, 6) is 1.85. The molecule has 2 unspecified atom stereocenters. The highest BCUT2D eigenvalue weighted by atomic mass is 35.5. The van der Waals surface area contributed by atoms with E-state index in [1.165, 1.54) is 0 Å². The topological polar surface area (TPSA) is 47.8 Å². The second kappa shape index (κ2) is 6.01. The molecule has 2 rings (SSSR count). The molecule has 0 aliphatic carbocycles. The van der Waals surface area contributed by atoms with Crippen LogP contribution in [0.5, 0.6) is 0 Å². The van der Waals surface area contributed by atoms with Crippen LogP contribution in [0.1, 0.15) is 30.9 Å². The number of nitrogens with zero attached hydrogens (tertiary/aromatic N) is 3. The molecule has 0 aromatic carbocycles. The first-order chi connectivity index (χ1) is 9.02. The van der Waals surface area contributed by atoms with Crippen molar-refractivity contribution in [2.45, 2.75) is 32.2 Å². The second-order valence-electron chi connectivity index (χ2n) is 4.74. The average Bonchev–Trinajstić information content (AvgIpc) is 2.73. The maximum atomic E-state index is 11.2. The van der Waals surface area contributed by atoms with Crippen molar-refractivity contribution >= 4 is 33.6 Å². The van der Waals surface area contributed by atoms with Gasteiger partial charge in [-0.2, -0.15) is 0 Å². The van der Waals surface area contributed by atoms with Gasteiger partial charge in [-0.15, -0.1) is 11.6 Å². The van der Waals surface area contributed by atoms with E-state index in [0.29, 0.717) is 11.6 Å². The summed E-state index contributed by atoms with van der Waals surface area (Å²) in [7, 11) is -0.782. The Kier molecular flexibility index (Phi) is 4.58. The van der Waals surface area contributed by atoms with E-state index in [1.54, 1.807) is 6.26 Å². The van der Waals surface area contributed by atoms with E-state index in [-0.39, 0.29) is 6.04 Å². The summed E-state index contributed by atoms with van der Waals surface area (Å²) in [4.78, 5) is 9.07. The van der Waals surface area contributed by atoms with Crippen molar-refractivity contribution < 1.29 is 4.21 Å². The minimum atomic E-state index is -0.782. The smallest absolute Gasteiger partial charge is 0.160 e. The van der Waals surface area contributed by atoms with Crippen molar-refractivity contribution in [1.82, 2.24) is 14.5 Å². The average molecular weight is 300 g/mol. The number of halogens is 1. The van der Waals surface area contributed by atoms with E-state index >= 15 is 0 Å². The fraction of sp³-hybridized carbons (Fsp3) is 0.538. The summed E-state index contributed by atoms with van der Waals surface area (Å²) in [6, 6.07) is 4.11. The van der Waals surface area contributed by atoms with Crippen LogP contribution in [0.2, 0.25) is 0 Å². The van der Waals surface area contributed by atoms with Crippen LogP contribution >= 0.6 is 11.6 Å². The van der Waals surface area contributed by atoms with Crippen molar-refractivity contribution in [3.05, 3.63) is 23.7 Å². The van der Waals surface area contributed by atoms with Gasteiger partial charge in [0.05, 0.1) is 5.88 Å². The molecule has 0 N–H and O–H groups in total. The van der Waals surface area contributed by atoms with Crippen molar-refractivity contribution in [3.63, 3.8) is 0 Å². The van der Waals surface area contributed by atoms with Gasteiger partial charge in [0.1, 0.15) is 11.3 Å². The number of hydrogen-bond acceptors (Lipinski definition) is 3. The molecule has 2 heterocycles. The van der Waals surface area contributed by atoms with Crippen LogP contribution in [0.3, 0.4) is 0 Å². The number of pyridine rings is 1. The molecule has 0 bridgehead atoms. The molecular weight excluding hydrogens is 282 g/mol. The van der Waals surface area contributed by atoms with E-state index in [1.807, 2.05) is 19.1 Å². The number of rotatable bonds is 5. The molecule has 0 saturated carbocycles. The zero-order chi connectivity index (χ0) is 14.0. The molecule has 0 fully saturated rings. The normalized spacial score (nSPS) is 14.7. The third-order valence-electron chi connectivity index (χ3n) is 3.13. The monoisotopic (exact) mass is 299 g/mol. The number of aromatic nitrogens is 3. The Hall–Kier alpha value is -0.940. The predicted octanol–water partition coefficient (Wildman–Crippen LogP) is 2.81. The number of imidazole rings is 1. The van der Waals surface area contributed by atoms with Crippen molar-refractivity contribution in [2.24, 2.45) is 0 Å². The Balaban J connectivity index is 2.44. The van der Waals surface area contributed by atoms with Crippen LogP contribution in [0.4, 0.5) is 0 Å². The standard InChI is InChI=1S/C13H18ClN3OS/c1-9-4-5-11-13(15-9)17(12(8-14)16-11)10(2)6-7-19(3)18/h4-5,10H,6-8H2,1-3H3. The van der Waals surface area contributed by atoms with E-state index in [9.17, 15) is 4.21 Å². The molecule has 0 aliphatic heterocycles. The van der Waals surface area contributed by atoms with Gasteiger partial charge in [-0.25, -0.2) is 9.97 Å². The SMILES string of the molecule is Cc1ccc2nc(CCl)n(C(C)CCS(C)=O)c2n1. The van der Waals surface area contributed by atoms with E-state index in [0.717, 1.165) is 29.1 Å². The summed E-state index contributed by atoms with van der Waals surface area (Å²) in [6.07, 6.45) is 2.55. The molecule has 2 aromatic rings. The van der Waals surface area contributed by atoms with Gasteiger partial charge in [0, 0.05) is 34.5 Å². The Labute approximate surface area is 120 Å². The van der Waals surface area contributed by atoms with E-state index < -0.39 is 10.8 Å². The number of hydrogen-bond donors (Lipinski definition) is 0. The first kappa shape index (κ1) is 14.5. The fourth-order valence-corrected chi connectivity index (χ4v) is 3.00. The van der Waals surface area contributed by atoms with Crippen molar-refractivity contribution in [3.8, 4) is 0 Å². The second-order valence-corrected chi connectivity index (χ2v) is 6.56. The lowest BCUT2D eigenvalue weighted by Gasteiger charge is -2.15. The summed E-state index contributed by atoms with van der Waals surface area (Å²) >= 11 is 5.98. The quantitative estimate of drug-likeness (QED) is 0.798. The molecule has 0 radical (unpaired) electrons. The molecular formula is C13H18ClN3OS. The lowest BCUT2D eigenvalue weighted by molar-refractivity contribution is 0.527. The number of fused-ring (bicyclic) bond motifs is 1. The summed E-state index contributed by atoms with van der Waals surface area (Å²) < 4.78 is 13.3. The third kappa shape index (κ3) is 3.15. The minimum absolute atomic E-state index is 0.192. The molecule has 4 nitrogen and oxygen atoms in total. The Morgan fingerprint density at radius 3 is 2.79 bits per heavy atom. The van der Waals surface area contributed by atoms with E-state index in [2.05, 4.69) is 21.5 Å². The maximum absolute atomic E-state index is 11.2. The van der Waals surface area contributed by atoms with Gasteiger partial charge >= 0.3 is 0 Å². The Morgan fingerprint density at radius 1 is 1.42 bits per heavy atom. The van der Waals surface area contributed by atoms with Crippen LogP contribution in [-0.2, 0) is 16.7 Å². The summed E-state index contributed by atoms with van der Waals surface area (Å²) in [5.41, 5.74) is 2.69. The molecule has 0 amide bonds. The maximum Gasteiger partial charge on any atom is 0.160 e. The highest BCUT2D eigenvalue weighted by molar-refractivity contribution is 7.84. The highest BCUT2D eigenvalue weighted by Crippen LogP contribution is 2.23.